The fraction of sp³-hybridized carbons (Fsp3) is 0.867. The molecule has 0 aromatic heterocycles. The first-order valence-electron chi connectivity index (χ1n) is 7.80. The van der Waals surface area contributed by atoms with Gasteiger partial charge in [0.05, 0.1) is 5.54 Å². The molecule has 0 radical (unpaired) electrons. The van der Waals surface area contributed by atoms with Gasteiger partial charge in [-0.15, -0.1) is 0 Å². The summed E-state index contributed by atoms with van der Waals surface area (Å²) in [6.07, 6.45) is 1.63. The van der Waals surface area contributed by atoms with Crippen LogP contribution in [0.15, 0.2) is 0 Å². The summed E-state index contributed by atoms with van der Waals surface area (Å²) in [7, 11) is 1.65. The maximum absolute atomic E-state index is 12.6. The van der Waals surface area contributed by atoms with Crippen molar-refractivity contribution in [3.8, 4) is 0 Å². The number of carbonyl (C=O) groups excluding carboxylic acids is 2. The van der Waals surface area contributed by atoms with Crippen LogP contribution in [-0.4, -0.2) is 45.6 Å². The van der Waals surface area contributed by atoms with Crippen molar-refractivity contribution >= 4 is 36.8 Å². The molecule has 2 unspecified atom stereocenters. The molecule has 0 amide bonds. The van der Waals surface area contributed by atoms with Gasteiger partial charge in [-0.25, -0.2) is 0 Å². The van der Waals surface area contributed by atoms with E-state index in [1.165, 1.54) is 0 Å². The van der Waals surface area contributed by atoms with Gasteiger partial charge in [0.2, 0.25) is 0 Å². The maximum atomic E-state index is 12.6. The Hall–Kier alpha value is -0.0800. The van der Waals surface area contributed by atoms with Gasteiger partial charge in [-0.2, -0.15) is 25.3 Å². The van der Waals surface area contributed by atoms with Crippen molar-refractivity contribution in [2.24, 2.45) is 0 Å². The number of likely N-dealkylation sites (N-methyl/N-ethyl adjacent to an activating group) is 1. The van der Waals surface area contributed by atoms with E-state index in [1.54, 1.807) is 20.9 Å². The highest BCUT2D eigenvalue weighted by Crippen LogP contribution is 2.25. The van der Waals surface area contributed by atoms with Crippen LogP contribution in [0.2, 0.25) is 0 Å². The van der Waals surface area contributed by atoms with E-state index in [0.717, 1.165) is 0 Å². The van der Waals surface area contributed by atoms with Crippen molar-refractivity contribution in [3.05, 3.63) is 0 Å². The average molecular weight is 351 g/mol. The van der Waals surface area contributed by atoms with E-state index in [2.05, 4.69) is 35.9 Å². The minimum absolute atomic E-state index is 0.133. The molecule has 2 atom stereocenters. The molecule has 0 saturated heterocycles. The van der Waals surface area contributed by atoms with Crippen LogP contribution in [0.5, 0.6) is 0 Å². The van der Waals surface area contributed by atoms with Gasteiger partial charge >= 0.3 is 0 Å². The van der Waals surface area contributed by atoms with Crippen LogP contribution < -0.4 is 10.6 Å². The molecule has 0 fully saturated rings. The lowest BCUT2D eigenvalue weighted by molar-refractivity contribution is -0.139. The van der Waals surface area contributed by atoms with Gasteiger partial charge in [-0.3, -0.25) is 14.9 Å². The molecule has 7 heteroatoms. The van der Waals surface area contributed by atoms with E-state index in [-0.39, 0.29) is 5.78 Å². The number of thiol groups is 2. The zero-order valence-corrected chi connectivity index (χ0v) is 15.9. The van der Waals surface area contributed by atoms with Gasteiger partial charge in [-0.1, -0.05) is 27.7 Å². The summed E-state index contributed by atoms with van der Waals surface area (Å²) in [5, 5.41) is 14.7. The lowest BCUT2D eigenvalue weighted by Crippen LogP contribution is -2.61. The number of rotatable bonds is 11. The van der Waals surface area contributed by atoms with Gasteiger partial charge in [-0.05, 0) is 32.7 Å². The summed E-state index contributed by atoms with van der Waals surface area (Å²) in [5.74, 6) is -0.535. The molecule has 5 nitrogen and oxygen atoms in total. The Morgan fingerprint density at radius 1 is 0.955 bits per heavy atom. The van der Waals surface area contributed by atoms with Crippen LogP contribution in [0.1, 0.15) is 53.4 Å². The van der Waals surface area contributed by atoms with E-state index < -0.39 is 27.7 Å². The van der Waals surface area contributed by atoms with Crippen molar-refractivity contribution in [2.45, 2.75) is 75.3 Å². The maximum Gasteiger partial charge on any atom is 0.191 e. The molecular weight excluding hydrogens is 320 g/mol. The van der Waals surface area contributed by atoms with Crippen LogP contribution in [0.4, 0.5) is 0 Å². The Labute approximate surface area is 144 Å². The molecule has 0 aromatic carbocycles. The van der Waals surface area contributed by atoms with Crippen molar-refractivity contribution < 1.29 is 14.7 Å². The predicted molar refractivity (Wildman–Crippen MR) is 96.6 cm³/mol. The van der Waals surface area contributed by atoms with E-state index >= 15 is 0 Å². The zero-order valence-electron chi connectivity index (χ0n) is 14.1. The average Bonchev–Trinajstić information content (AvgIpc) is 2.56. The molecule has 0 aliphatic rings. The normalized spacial score (nSPS) is 15.5. The minimum Gasteiger partial charge on any atom is -0.382 e. The molecule has 0 rings (SSSR count). The molecule has 0 bridgehead atoms. The number of Topliss-reactive ketones (excluding diaryl/α,β-unsaturated/α-hetero) is 2. The number of carbonyl (C=O) groups is 2. The first-order valence-corrected chi connectivity index (χ1v) is 8.83. The molecule has 22 heavy (non-hydrogen) atoms. The zero-order chi connectivity index (χ0) is 17.6. The molecule has 0 aromatic rings. The lowest BCUT2D eigenvalue weighted by atomic mass is 9.85. The van der Waals surface area contributed by atoms with Crippen LogP contribution >= 0.6 is 25.3 Å². The van der Waals surface area contributed by atoms with E-state index in [1.807, 2.05) is 13.8 Å². The molecule has 0 aliphatic heterocycles. The number of nitrogens with one attached hydrogen (secondary N) is 2. The number of hydrogen-bond donors (Lipinski definition) is 5. The molecule has 0 aliphatic carbocycles. The second-order valence-corrected chi connectivity index (χ2v) is 6.53. The van der Waals surface area contributed by atoms with Gasteiger partial charge in [0, 0.05) is 0 Å². The van der Waals surface area contributed by atoms with Crippen molar-refractivity contribution in [1.29, 1.82) is 0 Å². The van der Waals surface area contributed by atoms with E-state index in [9.17, 15) is 14.7 Å². The van der Waals surface area contributed by atoms with Crippen LogP contribution in [0, 0.1) is 0 Å². The van der Waals surface area contributed by atoms with Gasteiger partial charge < -0.3 is 10.4 Å². The van der Waals surface area contributed by atoms with Crippen molar-refractivity contribution in [3.63, 3.8) is 0 Å². The van der Waals surface area contributed by atoms with Crippen molar-refractivity contribution in [1.82, 2.24) is 10.6 Å². The van der Waals surface area contributed by atoms with E-state index in [0.29, 0.717) is 25.7 Å². The molecular formula is C15H30N2O3S2. The molecule has 130 valence electrons. The smallest absolute Gasteiger partial charge is 0.191 e. The highest BCUT2D eigenvalue weighted by atomic mass is 32.1. The molecule has 0 spiro atoms. The minimum atomic E-state index is -1.42. The Morgan fingerprint density at radius 2 is 1.41 bits per heavy atom. The fourth-order valence-electron chi connectivity index (χ4n) is 2.45. The summed E-state index contributed by atoms with van der Waals surface area (Å²) >= 11 is 8.54. The number of ketones is 2. The van der Waals surface area contributed by atoms with Gasteiger partial charge in [0.25, 0.3) is 0 Å². The quantitative estimate of drug-likeness (QED) is 0.289. The summed E-state index contributed by atoms with van der Waals surface area (Å²) in [6.45, 7) is 7.26. The topological polar surface area (TPSA) is 78.4 Å². The third-order valence-electron chi connectivity index (χ3n) is 4.49. The molecule has 0 saturated carbocycles. The molecule has 3 N–H and O–H groups in total. The standard InChI is InChI=1S/C15H30N2O3S2/c1-6-14(7-2,10(18)12(21)16-5)17-13(22)11(19)15(20,8-3)9-4/h12-13,16-17,20-22H,6-9H2,1-5H3. The van der Waals surface area contributed by atoms with Crippen LogP contribution in [0.25, 0.3) is 0 Å². The Morgan fingerprint density at radius 3 is 1.73 bits per heavy atom. The summed E-state index contributed by atoms with van der Waals surface area (Å²) in [6, 6.07) is 0. The Bertz CT molecular complexity index is 383. The first kappa shape index (κ1) is 21.9. The second kappa shape index (κ2) is 9.27. The van der Waals surface area contributed by atoms with E-state index in [4.69, 9.17) is 0 Å². The highest BCUT2D eigenvalue weighted by molar-refractivity contribution is 7.82. The van der Waals surface area contributed by atoms with Gasteiger partial charge in [0.15, 0.2) is 11.6 Å². The first-order chi connectivity index (χ1) is 10.2. The fourth-order valence-corrected chi connectivity index (χ4v) is 3.18. The number of hydrogen-bond acceptors (Lipinski definition) is 7. The van der Waals surface area contributed by atoms with Gasteiger partial charge in [0.1, 0.15) is 16.3 Å². The largest absolute Gasteiger partial charge is 0.382 e. The monoisotopic (exact) mass is 350 g/mol. The second-order valence-electron chi connectivity index (χ2n) is 5.49. The molecule has 0 heterocycles. The third kappa shape index (κ3) is 4.71. The third-order valence-corrected chi connectivity index (χ3v) is 5.35. The Kier molecular flexibility index (Phi) is 9.24. The van der Waals surface area contributed by atoms with Crippen molar-refractivity contribution in [2.75, 3.05) is 7.05 Å². The lowest BCUT2D eigenvalue weighted by Gasteiger charge is -2.37. The predicted octanol–water partition coefficient (Wildman–Crippen LogP) is 1.56. The van der Waals surface area contributed by atoms with Crippen LogP contribution in [0.3, 0.4) is 0 Å². The Balaban J connectivity index is 5.34. The number of aliphatic hydroxyl groups is 1. The summed E-state index contributed by atoms with van der Waals surface area (Å²) < 4.78 is 0. The summed E-state index contributed by atoms with van der Waals surface area (Å²) in [4.78, 5) is 25.1. The highest BCUT2D eigenvalue weighted by Gasteiger charge is 2.43. The van der Waals surface area contributed by atoms with Crippen LogP contribution in [-0.2, 0) is 9.59 Å². The SMILES string of the molecule is CCC(O)(CC)C(=O)C(S)NC(CC)(CC)C(=O)C(S)NC. The summed E-state index contributed by atoms with van der Waals surface area (Å²) in [5.41, 5.74) is -2.32.